The molecule has 4 aliphatic heterocycles. The number of fused-ring (bicyclic) bond motifs is 8. The molecule has 8 bridgehead atoms. The van der Waals surface area contributed by atoms with Crippen LogP contribution >= 0.6 is 0 Å². The third kappa shape index (κ3) is 5.20. The van der Waals surface area contributed by atoms with Crippen molar-refractivity contribution in [2.24, 2.45) is 5.73 Å². The number of carbonyl (C=O) groups excluding carboxylic acids is 3. The molecule has 2 aromatic heterocycles. The molecule has 244 valence electrons. The summed E-state index contributed by atoms with van der Waals surface area (Å²) in [5.41, 5.74) is 17.4. The Morgan fingerprint density at radius 3 is 2.40 bits per heavy atom. The summed E-state index contributed by atoms with van der Waals surface area (Å²) in [6.07, 6.45) is 3.69. The molecule has 2 atom stereocenters. The SMILES string of the molecule is C=CC1=C(C)c2cc3[nH]c(c4c5[nH]c(cc6nc(cc1n2)C(C)=C6CC)c(C)c5C(=O)N(CCCN)C4=O)[C@@H](CCC(=O)OC)[C@@H]3C. The van der Waals surface area contributed by atoms with Crippen molar-refractivity contribution in [3.63, 3.8) is 0 Å². The second-order valence-corrected chi connectivity index (χ2v) is 12.6. The number of rotatable bonds is 8. The molecule has 0 radical (unpaired) electrons. The van der Waals surface area contributed by atoms with Gasteiger partial charge in [-0.15, -0.1) is 0 Å². The van der Waals surface area contributed by atoms with Crippen molar-refractivity contribution >= 4 is 51.1 Å². The van der Waals surface area contributed by atoms with Gasteiger partial charge < -0.3 is 20.4 Å². The van der Waals surface area contributed by atoms with E-state index in [9.17, 15) is 14.4 Å². The number of nitrogens with zero attached hydrogens (tertiary/aromatic N) is 3. The van der Waals surface area contributed by atoms with Gasteiger partial charge in [0.05, 0.1) is 46.5 Å². The lowest BCUT2D eigenvalue weighted by Gasteiger charge is -2.27. The number of nitrogens with two attached hydrogens (primary N) is 1. The maximum absolute atomic E-state index is 14.4. The van der Waals surface area contributed by atoms with E-state index in [1.165, 1.54) is 12.0 Å². The van der Waals surface area contributed by atoms with Gasteiger partial charge in [0, 0.05) is 47.3 Å². The molecule has 0 saturated heterocycles. The first kappa shape index (κ1) is 32.1. The van der Waals surface area contributed by atoms with Crippen molar-refractivity contribution in [2.75, 3.05) is 20.2 Å². The average Bonchev–Trinajstić information content (AvgIpc) is 3.73. The minimum absolute atomic E-state index is 0.102. The van der Waals surface area contributed by atoms with Gasteiger partial charge in [-0.2, -0.15) is 0 Å². The number of allylic oxidation sites excluding steroid dienone is 5. The Kier molecular flexibility index (Phi) is 8.48. The highest BCUT2D eigenvalue weighted by molar-refractivity contribution is 6.23. The smallest absolute Gasteiger partial charge is 0.305 e. The highest BCUT2D eigenvalue weighted by Crippen LogP contribution is 2.44. The Labute approximate surface area is 274 Å². The van der Waals surface area contributed by atoms with Gasteiger partial charge in [-0.05, 0) is 87.1 Å². The molecular weight excluding hydrogens is 592 g/mol. The molecule has 2 aromatic rings. The van der Waals surface area contributed by atoms with Crippen molar-refractivity contribution in [3.05, 3.63) is 81.7 Å². The van der Waals surface area contributed by atoms with E-state index in [1.807, 2.05) is 38.1 Å². The summed E-state index contributed by atoms with van der Waals surface area (Å²) in [4.78, 5) is 59.3. The third-order valence-corrected chi connectivity index (χ3v) is 10.0. The van der Waals surface area contributed by atoms with Crippen molar-refractivity contribution in [2.45, 2.75) is 72.1 Å². The number of hydrogen-bond acceptors (Lipinski definition) is 7. The molecule has 0 spiro atoms. The number of aromatic amines is 2. The quantitative estimate of drug-likeness (QED) is 0.219. The van der Waals surface area contributed by atoms with E-state index in [1.54, 1.807) is 0 Å². The van der Waals surface area contributed by atoms with Crippen LogP contribution < -0.4 is 5.73 Å². The number of imide groups is 1. The summed E-state index contributed by atoms with van der Waals surface area (Å²) >= 11 is 0. The van der Waals surface area contributed by atoms with E-state index in [4.69, 9.17) is 20.4 Å². The molecule has 10 heteroatoms. The van der Waals surface area contributed by atoms with Gasteiger partial charge in [-0.1, -0.05) is 26.5 Å². The van der Waals surface area contributed by atoms with Crippen molar-refractivity contribution in [1.82, 2.24) is 24.8 Å². The zero-order valence-electron chi connectivity index (χ0n) is 28.0. The lowest BCUT2D eigenvalue weighted by atomic mass is 9.84. The molecular formula is C37H42N6O4. The Balaban J connectivity index is 1.78. The molecule has 2 amide bonds. The standard InChI is InChI=1S/C37H42N6O4/c1-8-22-18(3)25-15-27-20(5)24(11-12-31(44)47-7)34(41-27)33-35-32(36(45)43(37(33)46)14-10-13-38)21(6)28(42-35)17-30-23(9-2)19(4)26(40-30)16-29(22)39-25/h8,15-17,20,24,41-42H,1,9-14,38H2,2-7H3/t20-,24-/m0/s1. The fraction of sp³-hybridized carbons (Fsp3) is 0.378. The third-order valence-electron chi connectivity index (χ3n) is 10.0. The first-order valence-electron chi connectivity index (χ1n) is 16.3. The number of esters is 1. The number of ether oxygens (including phenoxy) is 1. The highest BCUT2D eigenvalue weighted by atomic mass is 16.5. The maximum atomic E-state index is 14.4. The van der Waals surface area contributed by atoms with Gasteiger partial charge in [0.1, 0.15) is 0 Å². The van der Waals surface area contributed by atoms with Crippen LogP contribution in [0.1, 0.15) is 126 Å². The molecule has 6 heterocycles. The van der Waals surface area contributed by atoms with Crippen LogP contribution in [0.5, 0.6) is 0 Å². The Hall–Kier alpha value is -4.83. The molecule has 6 rings (SSSR count). The molecule has 47 heavy (non-hydrogen) atoms. The number of nitrogens with one attached hydrogen (secondary N) is 2. The van der Waals surface area contributed by atoms with Crippen LogP contribution in [0.25, 0.3) is 33.3 Å². The molecule has 0 aromatic carbocycles. The molecule has 0 unspecified atom stereocenters. The number of methoxy groups -OCH3 is 1. The molecule has 0 saturated carbocycles. The van der Waals surface area contributed by atoms with Gasteiger partial charge in [0.2, 0.25) is 0 Å². The molecule has 4 aliphatic rings. The Bertz CT molecular complexity index is 1990. The lowest BCUT2D eigenvalue weighted by Crippen LogP contribution is -2.42. The summed E-state index contributed by atoms with van der Waals surface area (Å²) in [5.74, 6) is -1.41. The molecule has 10 nitrogen and oxygen atoms in total. The molecule has 0 aliphatic carbocycles. The van der Waals surface area contributed by atoms with Crippen LogP contribution in [0.15, 0.2) is 30.9 Å². The first-order chi connectivity index (χ1) is 22.5. The summed E-state index contributed by atoms with van der Waals surface area (Å²) in [6, 6.07) is 6.01. The van der Waals surface area contributed by atoms with Crippen molar-refractivity contribution in [1.29, 1.82) is 0 Å². The zero-order valence-corrected chi connectivity index (χ0v) is 28.0. The van der Waals surface area contributed by atoms with Gasteiger partial charge in [-0.25, -0.2) is 9.97 Å². The van der Waals surface area contributed by atoms with Crippen molar-refractivity contribution in [3.8, 4) is 0 Å². The van der Waals surface area contributed by atoms with E-state index in [0.29, 0.717) is 47.2 Å². The Morgan fingerprint density at radius 2 is 1.72 bits per heavy atom. The highest BCUT2D eigenvalue weighted by Gasteiger charge is 2.40. The predicted molar refractivity (Wildman–Crippen MR) is 184 cm³/mol. The van der Waals surface area contributed by atoms with E-state index < -0.39 is 5.91 Å². The van der Waals surface area contributed by atoms with Crippen molar-refractivity contribution < 1.29 is 19.1 Å². The predicted octanol–water partition coefficient (Wildman–Crippen LogP) is 6.59. The normalized spacial score (nSPS) is 18.2. The number of carbonyl (C=O) groups is 3. The summed E-state index contributed by atoms with van der Waals surface area (Å²) < 4.78 is 4.99. The summed E-state index contributed by atoms with van der Waals surface area (Å²) in [5, 5.41) is 0. The largest absolute Gasteiger partial charge is 0.469 e. The number of hydrogen-bond donors (Lipinski definition) is 3. The topological polar surface area (TPSA) is 147 Å². The van der Waals surface area contributed by atoms with Gasteiger partial charge in [0.25, 0.3) is 11.8 Å². The van der Waals surface area contributed by atoms with Crippen LogP contribution in [0.3, 0.4) is 0 Å². The second-order valence-electron chi connectivity index (χ2n) is 12.6. The minimum Gasteiger partial charge on any atom is -0.469 e. The van der Waals surface area contributed by atoms with Gasteiger partial charge in [0.15, 0.2) is 0 Å². The fourth-order valence-electron chi connectivity index (χ4n) is 7.26. The van der Waals surface area contributed by atoms with Gasteiger partial charge in [-0.3, -0.25) is 19.3 Å². The van der Waals surface area contributed by atoms with Crippen LogP contribution in [0.4, 0.5) is 0 Å². The van der Waals surface area contributed by atoms with Gasteiger partial charge >= 0.3 is 5.97 Å². The number of H-pyrrole nitrogens is 2. The molecule has 0 fully saturated rings. The van der Waals surface area contributed by atoms with Crippen LogP contribution in [-0.2, 0) is 9.53 Å². The van der Waals surface area contributed by atoms with E-state index in [-0.39, 0.29) is 36.7 Å². The fourth-order valence-corrected chi connectivity index (χ4v) is 7.26. The van der Waals surface area contributed by atoms with Crippen LogP contribution in [0, 0.1) is 6.92 Å². The number of amides is 2. The summed E-state index contributed by atoms with van der Waals surface area (Å²) in [6.45, 7) is 14.8. The minimum atomic E-state index is -0.392. The number of aryl methyl sites for hydroxylation is 1. The lowest BCUT2D eigenvalue weighted by molar-refractivity contribution is -0.140. The number of aromatic nitrogens is 4. The average molecular weight is 635 g/mol. The second kappa shape index (κ2) is 12.4. The summed E-state index contributed by atoms with van der Waals surface area (Å²) in [7, 11) is 1.37. The zero-order chi connectivity index (χ0) is 33.7. The monoisotopic (exact) mass is 634 g/mol. The van der Waals surface area contributed by atoms with E-state index in [0.717, 1.165) is 62.7 Å². The maximum Gasteiger partial charge on any atom is 0.305 e. The van der Waals surface area contributed by atoms with Crippen LogP contribution in [-0.4, -0.2) is 62.8 Å². The molecule has 4 N–H and O–H groups in total. The first-order valence-corrected chi connectivity index (χ1v) is 16.3. The Morgan fingerprint density at radius 1 is 1.02 bits per heavy atom. The van der Waals surface area contributed by atoms with Crippen LogP contribution in [0.2, 0.25) is 0 Å². The van der Waals surface area contributed by atoms with E-state index >= 15 is 0 Å². The van der Waals surface area contributed by atoms with E-state index in [2.05, 4.69) is 37.3 Å².